The van der Waals surface area contributed by atoms with Gasteiger partial charge < -0.3 is 18.9 Å². The number of hydrogen-bond donors (Lipinski definition) is 0. The summed E-state index contributed by atoms with van der Waals surface area (Å²) in [6.45, 7) is 3.25. The van der Waals surface area contributed by atoms with E-state index in [0.717, 1.165) is 11.3 Å². The van der Waals surface area contributed by atoms with Crippen molar-refractivity contribution >= 4 is 5.91 Å². The van der Waals surface area contributed by atoms with Gasteiger partial charge >= 0.3 is 0 Å². The lowest BCUT2D eigenvalue weighted by Gasteiger charge is -2.20. The van der Waals surface area contributed by atoms with E-state index in [1.54, 1.807) is 19.1 Å². The third kappa shape index (κ3) is 4.32. The van der Waals surface area contributed by atoms with Crippen molar-refractivity contribution in [3.05, 3.63) is 36.0 Å². The molecule has 0 aliphatic carbocycles. The van der Waals surface area contributed by atoms with E-state index in [1.165, 1.54) is 0 Å². The van der Waals surface area contributed by atoms with Gasteiger partial charge in [0.1, 0.15) is 11.4 Å². The highest BCUT2D eigenvalue weighted by atomic mass is 16.5. The molecular weight excluding hydrogens is 296 g/mol. The second kappa shape index (κ2) is 8.33. The van der Waals surface area contributed by atoms with Gasteiger partial charge in [0, 0.05) is 26.1 Å². The summed E-state index contributed by atoms with van der Waals surface area (Å²) in [5.41, 5.74) is 1.53. The average molecular weight is 318 g/mol. The topological polar surface area (TPSA) is 64.8 Å². The van der Waals surface area contributed by atoms with Crippen LogP contribution >= 0.6 is 0 Å². The Morgan fingerprint density at radius 1 is 1.30 bits per heavy atom. The maximum atomic E-state index is 12.0. The number of methoxy groups -OCH3 is 2. The van der Waals surface area contributed by atoms with Crippen LogP contribution in [0.5, 0.6) is 5.75 Å². The highest BCUT2D eigenvalue weighted by Gasteiger charge is 2.16. The van der Waals surface area contributed by atoms with E-state index < -0.39 is 0 Å². The van der Waals surface area contributed by atoms with Crippen LogP contribution < -0.4 is 4.74 Å². The molecular formula is C17H22N2O4. The van der Waals surface area contributed by atoms with Gasteiger partial charge in [-0.15, -0.1) is 0 Å². The summed E-state index contributed by atoms with van der Waals surface area (Å²) >= 11 is 0. The van der Waals surface area contributed by atoms with Gasteiger partial charge in [-0.1, -0.05) is 24.2 Å². The van der Waals surface area contributed by atoms with E-state index in [-0.39, 0.29) is 5.91 Å². The zero-order valence-corrected chi connectivity index (χ0v) is 13.7. The van der Waals surface area contributed by atoms with Crippen LogP contribution in [-0.2, 0) is 16.1 Å². The van der Waals surface area contributed by atoms with Gasteiger partial charge in [-0.2, -0.15) is 0 Å². The highest BCUT2D eigenvalue weighted by molar-refractivity contribution is 5.75. The predicted molar refractivity (Wildman–Crippen MR) is 86.1 cm³/mol. The molecule has 23 heavy (non-hydrogen) atoms. The molecule has 0 radical (unpaired) electrons. The summed E-state index contributed by atoms with van der Waals surface area (Å²) in [6.07, 6.45) is 0.445. The molecule has 1 aromatic heterocycles. The summed E-state index contributed by atoms with van der Waals surface area (Å²) in [5, 5.41) is 4.07. The summed E-state index contributed by atoms with van der Waals surface area (Å²) < 4.78 is 15.8. The van der Waals surface area contributed by atoms with Crippen molar-refractivity contribution in [2.24, 2.45) is 0 Å². The van der Waals surface area contributed by atoms with E-state index in [4.69, 9.17) is 14.0 Å². The number of para-hydroxylation sites is 1. The predicted octanol–water partition coefficient (Wildman–Crippen LogP) is 2.74. The molecule has 1 aromatic carbocycles. The Morgan fingerprint density at radius 3 is 2.78 bits per heavy atom. The van der Waals surface area contributed by atoms with Crippen LogP contribution in [0.4, 0.5) is 0 Å². The Labute approximate surface area is 136 Å². The van der Waals surface area contributed by atoms with Gasteiger partial charge in [0.25, 0.3) is 0 Å². The smallest absolute Gasteiger partial charge is 0.222 e. The van der Waals surface area contributed by atoms with Gasteiger partial charge in [-0.25, -0.2) is 0 Å². The molecule has 0 unspecified atom stereocenters. The lowest BCUT2D eigenvalue weighted by atomic mass is 10.1. The third-order valence-corrected chi connectivity index (χ3v) is 3.50. The Morgan fingerprint density at radius 2 is 2.09 bits per heavy atom. The maximum Gasteiger partial charge on any atom is 0.222 e. The molecule has 0 saturated carbocycles. The second-order valence-electron chi connectivity index (χ2n) is 5.04. The van der Waals surface area contributed by atoms with Crippen LogP contribution in [0.15, 0.2) is 34.9 Å². The van der Waals surface area contributed by atoms with Crippen LogP contribution in [-0.4, -0.2) is 43.3 Å². The van der Waals surface area contributed by atoms with E-state index in [0.29, 0.717) is 37.6 Å². The largest absolute Gasteiger partial charge is 0.496 e. The second-order valence-corrected chi connectivity index (χ2v) is 5.04. The number of ether oxygens (including phenoxy) is 2. The first kappa shape index (κ1) is 17.0. The molecule has 0 fully saturated rings. The number of hydrogen-bond acceptors (Lipinski definition) is 5. The molecule has 0 N–H and O–H groups in total. The molecule has 0 aliphatic rings. The first-order valence-electron chi connectivity index (χ1n) is 7.55. The number of amides is 1. The van der Waals surface area contributed by atoms with E-state index in [9.17, 15) is 4.79 Å². The standard InChI is InChI=1S/C17H22N2O4/c1-4-17(20)19(9-10-21-2)12-13-11-16(23-18-13)14-7-5-6-8-15(14)22-3/h5-8,11H,4,9-10,12H2,1-3H3. The zero-order valence-electron chi connectivity index (χ0n) is 13.7. The number of carbonyl (C=O) groups excluding carboxylic acids is 1. The van der Waals surface area contributed by atoms with Gasteiger partial charge in [-0.05, 0) is 12.1 Å². The fourth-order valence-corrected chi connectivity index (χ4v) is 2.27. The van der Waals surface area contributed by atoms with Crippen LogP contribution in [0.25, 0.3) is 11.3 Å². The number of benzene rings is 1. The maximum absolute atomic E-state index is 12.0. The van der Waals surface area contributed by atoms with Crippen molar-refractivity contribution in [3.8, 4) is 17.1 Å². The molecule has 0 atom stereocenters. The molecule has 1 heterocycles. The fraction of sp³-hybridized carbons (Fsp3) is 0.412. The normalized spacial score (nSPS) is 10.6. The van der Waals surface area contributed by atoms with Crippen LogP contribution in [0.3, 0.4) is 0 Å². The van der Waals surface area contributed by atoms with Crippen LogP contribution in [0.1, 0.15) is 19.0 Å². The first-order valence-corrected chi connectivity index (χ1v) is 7.55. The molecule has 0 bridgehead atoms. The number of rotatable bonds is 8. The summed E-state index contributed by atoms with van der Waals surface area (Å²) in [5.74, 6) is 1.40. The van der Waals surface area contributed by atoms with Crippen molar-refractivity contribution in [3.63, 3.8) is 0 Å². The molecule has 1 amide bonds. The molecule has 2 rings (SSSR count). The monoisotopic (exact) mass is 318 g/mol. The average Bonchev–Trinajstić information content (AvgIpc) is 3.06. The highest BCUT2D eigenvalue weighted by Crippen LogP contribution is 2.30. The quantitative estimate of drug-likeness (QED) is 0.749. The van der Waals surface area contributed by atoms with Crippen molar-refractivity contribution in [2.75, 3.05) is 27.4 Å². The van der Waals surface area contributed by atoms with E-state index >= 15 is 0 Å². The lowest BCUT2D eigenvalue weighted by molar-refractivity contribution is -0.132. The van der Waals surface area contributed by atoms with Gasteiger partial charge in [0.2, 0.25) is 5.91 Å². The van der Waals surface area contributed by atoms with Crippen molar-refractivity contribution in [1.82, 2.24) is 10.1 Å². The number of carbonyl (C=O) groups is 1. The molecule has 6 heteroatoms. The molecule has 0 spiro atoms. The minimum Gasteiger partial charge on any atom is -0.496 e. The Kier molecular flexibility index (Phi) is 6.17. The molecule has 124 valence electrons. The number of aromatic nitrogens is 1. The van der Waals surface area contributed by atoms with Gasteiger partial charge in [-0.3, -0.25) is 4.79 Å². The Hall–Kier alpha value is -2.34. The lowest BCUT2D eigenvalue weighted by Crippen LogP contribution is -2.32. The van der Waals surface area contributed by atoms with Gasteiger partial charge in [0.05, 0.1) is 25.8 Å². The van der Waals surface area contributed by atoms with Crippen LogP contribution in [0.2, 0.25) is 0 Å². The van der Waals surface area contributed by atoms with E-state index in [2.05, 4.69) is 5.16 Å². The number of nitrogens with zero attached hydrogens (tertiary/aromatic N) is 2. The minimum atomic E-state index is 0.0592. The van der Waals surface area contributed by atoms with Gasteiger partial charge in [0.15, 0.2) is 5.76 Å². The van der Waals surface area contributed by atoms with Crippen LogP contribution in [0, 0.1) is 0 Å². The minimum absolute atomic E-state index is 0.0592. The Balaban J connectivity index is 2.15. The summed E-state index contributed by atoms with van der Waals surface area (Å²) in [4.78, 5) is 13.7. The summed E-state index contributed by atoms with van der Waals surface area (Å²) in [7, 11) is 3.23. The molecule has 6 nitrogen and oxygen atoms in total. The molecule has 0 aliphatic heterocycles. The SMILES string of the molecule is CCC(=O)N(CCOC)Cc1cc(-c2ccccc2OC)on1. The zero-order chi connectivity index (χ0) is 16.7. The van der Waals surface area contributed by atoms with Crippen molar-refractivity contribution < 1.29 is 18.8 Å². The fourth-order valence-electron chi connectivity index (χ4n) is 2.27. The van der Waals surface area contributed by atoms with Crippen molar-refractivity contribution in [2.45, 2.75) is 19.9 Å². The summed E-state index contributed by atoms with van der Waals surface area (Å²) in [6, 6.07) is 9.41. The molecule has 0 saturated heterocycles. The first-order chi connectivity index (χ1) is 11.2. The Bertz CT molecular complexity index is 639. The van der Waals surface area contributed by atoms with Crippen molar-refractivity contribution in [1.29, 1.82) is 0 Å². The van der Waals surface area contributed by atoms with E-state index in [1.807, 2.05) is 37.3 Å². The molecule has 2 aromatic rings. The third-order valence-electron chi connectivity index (χ3n) is 3.50.